The summed E-state index contributed by atoms with van der Waals surface area (Å²) in [5.74, 6) is 0.00814. The minimum absolute atomic E-state index is 0.0578. The third-order valence-electron chi connectivity index (χ3n) is 6.36. The normalized spacial score (nSPS) is 11.3. The van der Waals surface area contributed by atoms with E-state index in [2.05, 4.69) is 10.6 Å². The van der Waals surface area contributed by atoms with E-state index in [0.29, 0.717) is 29.7 Å². The molecule has 0 bridgehead atoms. The van der Waals surface area contributed by atoms with Gasteiger partial charge in [-0.05, 0) is 53.6 Å². The van der Waals surface area contributed by atoms with E-state index in [1.165, 1.54) is 12.1 Å². The number of sulfonamides is 1. The van der Waals surface area contributed by atoms with Crippen molar-refractivity contribution >= 4 is 32.7 Å². The zero-order valence-electron chi connectivity index (χ0n) is 20.9. The molecule has 1 amide bonds. The molecule has 39 heavy (non-hydrogen) atoms. The topological polar surface area (TPSA) is 122 Å². The van der Waals surface area contributed by atoms with Crippen molar-refractivity contribution < 1.29 is 13.2 Å². The zero-order valence-corrected chi connectivity index (χ0v) is 21.8. The number of benzene rings is 4. The highest BCUT2D eigenvalue weighted by atomic mass is 32.2. The number of aromatic nitrogens is 2. The number of rotatable bonds is 9. The molecule has 0 radical (unpaired) electrons. The van der Waals surface area contributed by atoms with Crippen molar-refractivity contribution in [3.8, 4) is 6.07 Å². The van der Waals surface area contributed by atoms with E-state index in [-0.39, 0.29) is 4.90 Å². The summed E-state index contributed by atoms with van der Waals surface area (Å²) in [6, 6.07) is 32.5. The second-order valence-electron chi connectivity index (χ2n) is 9.05. The molecule has 0 fully saturated rings. The molecule has 9 heteroatoms. The predicted molar refractivity (Wildman–Crippen MR) is 149 cm³/mol. The van der Waals surface area contributed by atoms with Crippen LogP contribution in [0.2, 0.25) is 0 Å². The van der Waals surface area contributed by atoms with Gasteiger partial charge in [0.15, 0.2) is 0 Å². The van der Waals surface area contributed by atoms with Gasteiger partial charge in [0, 0.05) is 13.0 Å². The van der Waals surface area contributed by atoms with Gasteiger partial charge in [-0.25, -0.2) is 13.4 Å². The number of carbonyl (C=O) groups excluding carboxylic acids is 1. The van der Waals surface area contributed by atoms with Crippen molar-refractivity contribution in [1.82, 2.24) is 9.55 Å². The maximum atomic E-state index is 13.5. The fraction of sp³-hybridized carbons (Fsp3) is 0.100. The lowest BCUT2D eigenvalue weighted by molar-refractivity contribution is -0.116. The standard InChI is InChI=1S/C30H25N5O3S/c31-19-23-13-11-22(12-14-23)17-30-33-27-18-25(15-16-28(27)34(30)20-24-7-3-1-4-8-24)35(21-29(32)36)39(37,38)26-9-5-2-6-10-26/h1-16,18H,17,20-21H2,(H2,32,36). The highest BCUT2D eigenvalue weighted by Gasteiger charge is 2.27. The Hall–Kier alpha value is -4.94. The lowest BCUT2D eigenvalue weighted by atomic mass is 10.1. The molecule has 0 aliphatic rings. The first kappa shape index (κ1) is 25.7. The number of amides is 1. The fourth-order valence-corrected chi connectivity index (χ4v) is 5.90. The predicted octanol–water partition coefficient (Wildman–Crippen LogP) is 4.23. The molecule has 0 unspecified atom stereocenters. The quantitative estimate of drug-likeness (QED) is 0.303. The van der Waals surface area contributed by atoms with Crippen LogP contribution in [0.25, 0.3) is 11.0 Å². The van der Waals surface area contributed by atoms with Crippen LogP contribution in [0.15, 0.2) is 108 Å². The average Bonchev–Trinajstić information content (AvgIpc) is 3.28. The van der Waals surface area contributed by atoms with Crippen LogP contribution < -0.4 is 10.0 Å². The number of primary amides is 1. The Balaban J connectivity index is 1.60. The third-order valence-corrected chi connectivity index (χ3v) is 8.15. The summed E-state index contributed by atoms with van der Waals surface area (Å²) in [6.45, 7) is 0.0567. The summed E-state index contributed by atoms with van der Waals surface area (Å²) < 4.78 is 30.1. The Morgan fingerprint density at radius 1 is 0.897 bits per heavy atom. The number of hydrogen-bond donors (Lipinski definition) is 1. The highest BCUT2D eigenvalue weighted by molar-refractivity contribution is 7.92. The monoisotopic (exact) mass is 535 g/mol. The third kappa shape index (κ3) is 5.51. The van der Waals surface area contributed by atoms with Crippen LogP contribution in [0.5, 0.6) is 0 Å². The Morgan fingerprint density at radius 3 is 2.21 bits per heavy atom. The van der Waals surface area contributed by atoms with E-state index in [0.717, 1.165) is 26.8 Å². The summed E-state index contributed by atoms with van der Waals surface area (Å²) in [6.07, 6.45) is 0.510. The molecule has 0 saturated heterocycles. The number of nitriles is 1. The van der Waals surface area contributed by atoms with Gasteiger partial charge in [-0.15, -0.1) is 0 Å². The minimum atomic E-state index is -4.05. The second-order valence-corrected chi connectivity index (χ2v) is 10.9. The molecule has 0 aliphatic carbocycles. The fourth-order valence-electron chi connectivity index (χ4n) is 4.46. The SMILES string of the molecule is N#Cc1ccc(Cc2nc3cc(N(CC(N)=O)S(=O)(=O)c4ccccc4)ccc3n2Cc2ccccc2)cc1. The lowest BCUT2D eigenvalue weighted by Gasteiger charge is -2.23. The van der Waals surface area contributed by atoms with Gasteiger partial charge in [0.1, 0.15) is 12.4 Å². The molecule has 1 heterocycles. The number of carbonyl (C=O) groups is 1. The van der Waals surface area contributed by atoms with Gasteiger partial charge in [0.2, 0.25) is 5.91 Å². The van der Waals surface area contributed by atoms with Crippen LogP contribution in [-0.4, -0.2) is 30.4 Å². The molecule has 5 rings (SSSR count). The van der Waals surface area contributed by atoms with E-state index >= 15 is 0 Å². The van der Waals surface area contributed by atoms with Gasteiger partial charge >= 0.3 is 0 Å². The zero-order chi connectivity index (χ0) is 27.4. The van der Waals surface area contributed by atoms with Crippen molar-refractivity contribution in [3.05, 3.63) is 126 Å². The highest BCUT2D eigenvalue weighted by Crippen LogP contribution is 2.29. The molecule has 5 aromatic rings. The van der Waals surface area contributed by atoms with Crippen LogP contribution in [-0.2, 0) is 27.8 Å². The molecule has 2 N–H and O–H groups in total. The molecule has 194 valence electrons. The average molecular weight is 536 g/mol. The molecule has 0 spiro atoms. The van der Waals surface area contributed by atoms with Crippen LogP contribution in [0, 0.1) is 11.3 Å². The van der Waals surface area contributed by atoms with E-state index in [1.807, 2.05) is 48.5 Å². The first-order valence-corrected chi connectivity index (χ1v) is 13.7. The van der Waals surface area contributed by atoms with Crippen LogP contribution in [0.3, 0.4) is 0 Å². The summed E-state index contributed by atoms with van der Waals surface area (Å²) >= 11 is 0. The molecule has 0 aliphatic heterocycles. The minimum Gasteiger partial charge on any atom is -0.368 e. The van der Waals surface area contributed by atoms with E-state index < -0.39 is 22.5 Å². The number of imidazole rings is 1. The van der Waals surface area contributed by atoms with Crippen molar-refractivity contribution in [2.75, 3.05) is 10.8 Å². The number of anilines is 1. The Labute approximate surface area is 226 Å². The van der Waals surface area contributed by atoms with Crippen molar-refractivity contribution in [1.29, 1.82) is 5.26 Å². The van der Waals surface area contributed by atoms with Crippen molar-refractivity contribution in [2.24, 2.45) is 5.73 Å². The number of fused-ring (bicyclic) bond motifs is 1. The van der Waals surface area contributed by atoms with Crippen molar-refractivity contribution in [2.45, 2.75) is 17.9 Å². The maximum absolute atomic E-state index is 13.5. The van der Waals surface area contributed by atoms with E-state index in [1.54, 1.807) is 42.5 Å². The number of nitrogens with zero attached hydrogens (tertiary/aromatic N) is 4. The van der Waals surface area contributed by atoms with Crippen LogP contribution >= 0.6 is 0 Å². The van der Waals surface area contributed by atoms with Gasteiger partial charge in [-0.3, -0.25) is 9.10 Å². The summed E-state index contributed by atoms with van der Waals surface area (Å²) in [7, 11) is -4.05. The summed E-state index contributed by atoms with van der Waals surface area (Å²) in [5, 5.41) is 9.13. The van der Waals surface area contributed by atoms with Crippen molar-refractivity contribution in [3.63, 3.8) is 0 Å². The first-order valence-electron chi connectivity index (χ1n) is 12.2. The molecular formula is C30H25N5O3S. The van der Waals surface area contributed by atoms with Crippen LogP contribution in [0.4, 0.5) is 5.69 Å². The molecule has 0 atom stereocenters. The summed E-state index contributed by atoms with van der Waals surface area (Å²) in [4.78, 5) is 16.9. The van der Waals surface area contributed by atoms with Gasteiger partial charge in [0.05, 0.1) is 33.2 Å². The Morgan fingerprint density at radius 2 is 1.56 bits per heavy atom. The number of nitrogens with two attached hydrogens (primary N) is 1. The summed E-state index contributed by atoms with van der Waals surface area (Å²) in [5.41, 5.74) is 9.81. The van der Waals surface area contributed by atoms with E-state index in [9.17, 15) is 13.2 Å². The Kier molecular flexibility index (Phi) is 7.12. The van der Waals surface area contributed by atoms with Gasteiger partial charge in [-0.2, -0.15) is 5.26 Å². The Bertz CT molecular complexity index is 1780. The van der Waals surface area contributed by atoms with Crippen LogP contribution in [0.1, 0.15) is 22.5 Å². The van der Waals surface area contributed by atoms with Gasteiger partial charge < -0.3 is 10.3 Å². The molecule has 1 aromatic heterocycles. The molecular weight excluding hydrogens is 510 g/mol. The second kappa shape index (κ2) is 10.8. The maximum Gasteiger partial charge on any atom is 0.264 e. The smallest absolute Gasteiger partial charge is 0.264 e. The van der Waals surface area contributed by atoms with Gasteiger partial charge in [0.25, 0.3) is 10.0 Å². The molecule has 8 nitrogen and oxygen atoms in total. The van der Waals surface area contributed by atoms with Gasteiger partial charge in [-0.1, -0.05) is 60.7 Å². The largest absolute Gasteiger partial charge is 0.368 e. The first-order chi connectivity index (χ1) is 18.8. The number of hydrogen-bond acceptors (Lipinski definition) is 5. The molecule has 0 saturated carbocycles. The lowest BCUT2D eigenvalue weighted by Crippen LogP contribution is -2.38. The van der Waals surface area contributed by atoms with E-state index in [4.69, 9.17) is 16.0 Å². The molecule has 4 aromatic carbocycles.